The largest absolute Gasteiger partial charge is 0.480 e. The molecule has 1 aromatic rings. The van der Waals surface area contributed by atoms with E-state index in [-0.39, 0.29) is 12.4 Å². The second-order valence-corrected chi connectivity index (χ2v) is 3.80. The van der Waals surface area contributed by atoms with Gasteiger partial charge in [-0.3, -0.25) is 4.79 Å². The number of halogens is 1. The molecule has 0 saturated carbocycles. The normalized spacial score (nSPS) is 11.7. The molecular weight excluding hydrogens is 239 g/mol. The van der Waals surface area contributed by atoms with Gasteiger partial charge in [-0.05, 0) is 25.0 Å². The van der Waals surface area contributed by atoms with E-state index in [0.29, 0.717) is 12.0 Å². The fraction of sp³-hybridized carbons (Fsp3) is 0.333. The Morgan fingerprint density at radius 3 is 2.67 bits per heavy atom. The van der Waals surface area contributed by atoms with Crippen molar-refractivity contribution in [2.75, 3.05) is 6.54 Å². The van der Waals surface area contributed by atoms with E-state index in [4.69, 9.17) is 5.11 Å². The molecule has 0 spiro atoms. The predicted molar refractivity (Wildman–Crippen MR) is 63.7 cm³/mol. The summed E-state index contributed by atoms with van der Waals surface area (Å²) in [6.07, 6.45) is 0.349. The topological polar surface area (TPSA) is 78.4 Å². The summed E-state index contributed by atoms with van der Waals surface area (Å²) in [7, 11) is 0. The third-order valence-corrected chi connectivity index (χ3v) is 2.36. The molecule has 0 aliphatic heterocycles. The van der Waals surface area contributed by atoms with E-state index in [1.807, 2.05) is 0 Å². The van der Waals surface area contributed by atoms with Crippen LogP contribution in [0.3, 0.4) is 0 Å². The third-order valence-electron chi connectivity index (χ3n) is 2.36. The number of hydrogen-bond acceptors (Lipinski definition) is 2. The van der Waals surface area contributed by atoms with Crippen LogP contribution in [0.2, 0.25) is 0 Å². The summed E-state index contributed by atoms with van der Waals surface area (Å²) in [5, 5.41) is 13.3. The SMILES string of the molecule is C[C@H](NC(=O)NCCc1ccccc1F)C(=O)O. The smallest absolute Gasteiger partial charge is 0.325 e. The number of urea groups is 1. The Morgan fingerprint density at radius 1 is 1.39 bits per heavy atom. The highest BCUT2D eigenvalue weighted by Gasteiger charge is 2.13. The van der Waals surface area contributed by atoms with Crippen molar-refractivity contribution in [3.63, 3.8) is 0 Å². The molecule has 0 fully saturated rings. The molecule has 0 unspecified atom stereocenters. The van der Waals surface area contributed by atoms with Gasteiger partial charge in [0.05, 0.1) is 0 Å². The number of nitrogens with one attached hydrogen (secondary N) is 2. The summed E-state index contributed by atoms with van der Waals surface area (Å²) in [6.45, 7) is 1.60. The van der Waals surface area contributed by atoms with E-state index < -0.39 is 18.0 Å². The number of hydrogen-bond donors (Lipinski definition) is 3. The molecule has 0 aromatic heterocycles. The van der Waals surface area contributed by atoms with Crippen LogP contribution in [-0.4, -0.2) is 29.7 Å². The van der Waals surface area contributed by atoms with Crippen molar-refractivity contribution in [1.82, 2.24) is 10.6 Å². The van der Waals surface area contributed by atoms with Gasteiger partial charge in [0.2, 0.25) is 0 Å². The second kappa shape index (κ2) is 6.58. The Labute approximate surface area is 104 Å². The zero-order valence-electron chi connectivity index (χ0n) is 9.94. The Morgan fingerprint density at radius 2 is 2.06 bits per heavy atom. The standard InChI is InChI=1S/C12H15FN2O3/c1-8(11(16)17)15-12(18)14-7-6-9-4-2-3-5-10(9)13/h2-5,8H,6-7H2,1H3,(H,16,17)(H2,14,15,18)/t8-/m0/s1. The van der Waals surface area contributed by atoms with Gasteiger partial charge in [0, 0.05) is 6.54 Å². The van der Waals surface area contributed by atoms with Crippen molar-refractivity contribution in [2.24, 2.45) is 0 Å². The molecule has 0 aliphatic rings. The Hall–Kier alpha value is -2.11. The fourth-order valence-electron chi connectivity index (χ4n) is 1.32. The van der Waals surface area contributed by atoms with Crippen LogP contribution in [0.4, 0.5) is 9.18 Å². The monoisotopic (exact) mass is 254 g/mol. The molecule has 0 heterocycles. The predicted octanol–water partition coefficient (Wildman–Crippen LogP) is 1.14. The third kappa shape index (κ3) is 4.40. The summed E-state index contributed by atoms with van der Waals surface area (Å²) >= 11 is 0. The van der Waals surface area contributed by atoms with E-state index >= 15 is 0 Å². The maximum atomic E-state index is 13.2. The second-order valence-electron chi connectivity index (χ2n) is 3.80. The number of carboxylic acids is 1. The maximum absolute atomic E-state index is 13.2. The maximum Gasteiger partial charge on any atom is 0.325 e. The van der Waals surface area contributed by atoms with Crippen LogP contribution in [0.5, 0.6) is 0 Å². The number of rotatable bonds is 5. The zero-order valence-corrected chi connectivity index (χ0v) is 9.94. The van der Waals surface area contributed by atoms with Crippen LogP contribution in [0.1, 0.15) is 12.5 Å². The van der Waals surface area contributed by atoms with Crippen LogP contribution in [-0.2, 0) is 11.2 Å². The summed E-state index contributed by atoms with van der Waals surface area (Å²) < 4.78 is 13.2. The lowest BCUT2D eigenvalue weighted by molar-refractivity contribution is -0.138. The van der Waals surface area contributed by atoms with E-state index in [1.165, 1.54) is 13.0 Å². The molecule has 3 N–H and O–H groups in total. The number of benzene rings is 1. The van der Waals surface area contributed by atoms with Gasteiger partial charge in [0.25, 0.3) is 0 Å². The van der Waals surface area contributed by atoms with Crippen molar-refractivity contribution in [1.29, 1.82) is 0 Å². The van der Waals surface area contributed by atoms with Gasteiger partial charge in [-0.25, -0.2) is 9.18 Å². The van der Waals surface area contributed by atoms with Crippen LogP contribution >= 0.6 is 0 Å². The first kappa shape index (κ1) is 14.0. The van der Waals surface area contributed by atoms with Crippen LogP contribution in [0.25, 0.3) is 0 Å². The summed E-state index contributed by atoms with van der Waals surface area (Å²) in [5.74, 6) is -1.43. The highest BCUT2D eigenvalue weighted by molar-refractivity contribution is 5.82. The van der Waals surface area contributed by atoms with Crippen molar-refractivity contribution < 1.29 is 19.1 Å². The Bertz CT molecular complexity index is 437. The highest BCUT2D eigenvalue weighted by atomic mass is 19.1. The van der Waals surface area contributed by atoms with E-state index in [1.54, 1.807) is 18.2 Å². The molecule has 1 atom stereocenters. The molecule has 18 heavy (non-hydrogen) atoms. The Balaban J connectivity index is 2.32. The molecule has 0 saturated heterocycles. The minimum atomic E-state index is -1.11. The molecule has 98 valence electrons. The minimum absolute atomic E-state index is 0.235. The van der Waals surface area contributed by atoms with Crippen LogP contribution in [0, 0.1) is 5.82 Å². The molecule has 0 aliphatic carbocycles. The Kier molecular flexibility index (Phi) is 5.10. The van der Waals surface area contributed by atoms with Gasteiger partial charge in [0.15, 0.2) is 0 Å². The number of amides is 2. The molecule has 1 rings (SSSR count). The molecule has 2 amide bonds. The highest BCUT2D eigenvalue weighted by Crippen LogP contribution is 2.05. The van der Waals surface area contributed by atoms with Gasteiger partial charge in [-0.1, -0.05) is 18.2 Å². The lowest BCUT2D eigenvalue weighted by Crippen LogP contribution is -2.44. The zero-order chi connectivity index (χ0) is 13.5. The van der Waals surface area contributed by atoms with Crippen LogP contribution in [0.15, 0.2) is 24.3 Å². The van der Waals surface area contributed by atoms with Gasteiger partial charge < -0.3 is 15.7 Å². The average Bonchev–Trinajstić information content (AvgIpc) is 2.31. The summed E-state index contributed by atoms with van der Waals surface area (Å²) in [4.78, 5) is 21.7. The van der Waals surface area contributed by atoms with Crippen molar-refractivity contribution >= 4 is 12.0 Å². The molecule has 0 radical (unpaired) electrons. The van der Waals surface area contributed by atoms with Crippen molar-refractivity contribution in [2.45, 2.75) is 19.4 Å². The molecule has 0 bridgehead atoms. The lowest BCUT2D eigenvalue weighted by atomic mass is 10.1. The average molecular weight is 254 g/mol. The van der Waals surface area contributed by atoms with E-state index in [9.17, 15) is 14.0 Å². The quantitative estimate of drug-likeness (QED) is 0.737. The van der Waals surface area contributed by atoms with Gasteiger partial charge in [-0.15, -0.1) is 0 Å². The number of carbonyl (C=O) groups is 2. The minimum Gasteiger partial charge on any atom is -0.480 e. The molecule has 5 nitrogen and oxygen atoms in total. The van der Waals surface area contributed by atoms with Crippen molar-refractivity contribution in [3.05, 3.63) is 35.6 Å². The lowest BCUT2D eigenvalue weighted by Gasteiger charge is -2.10. The van der Waals surface area contributed by atoms with Gasteiger partial charge in [0.1, 0.15) is 11.9 Å². The summed E-state index contributed by atoms with van der Waals surface area (Å²) in [5.41, 5.74) is 0.504. The van der Waals surface area contributed by atoms with E-state index in [2.05, 4.69) is 10.6 Å². The van der Waals surface area contributed by atoms with Crippen molar-refractivity contribution in [3.8, 4) is 0 Å². The first-order chi connectivity index (χ1) is 8.50. The fourth-order valence-corrected chi connectivity index (χ4v) is 1.32. The number of aliphatic carboxylic acids is 1. The number of carboxylic acid groups (broad SMARTS) is 1. The first-order valence-corrected chi connectivity index (χ1v) is 5.51. The molecular formula is C12H15FN2O3. The van der Waals surface area contributed by atoms with Gasteiger partial charge in [-0.2, -0.15) is 0 Å². The van der Waals surface area contributed by atoms with E-state index in [0.717, 1.165) is 0 Å². The first-order valence-electron chi connectivity index (χ1n) is 5.51. The molecule has 6 heteroatoms. The number of carbonyl (C=O) groups excluding carboxylic acids is 1. The van der Waals surface area contributed by atoms with Crippen LogP contribution < -0.4 is 10.6 Å². The molecule has 1 aromatic carbocycles. The summed E-state index contributed by atoms with van der Waals surface area (Å²) in [6, 6.07) is 4.74. The van der Waals surface area contributed by atoms with Gasteiger partial charge >= 0.3 is 12.0 Å².